The quantitative estimate of drug-likeness (QED) is 0.822. The Bertz CT molecular complexity index is 379. The molecule has 0 spiro atoms. The fraction of sp³-hybridized carbons (Fsp3) is 0.538. The molecule has 0 aliphatic heterocycles. The van der Waals surface area contributed by atoms with Crippen molar-refractivity contribution in [3.8, 4) is 0 Å². The minimum atomic E-state index is -4.14. The van der Waals surface area contributed by atoms with E-state index < -0.39 is 18.6 Å². The lowest BCUT2D eigenvalue weighted by molar-refractivity contribution is -0.139. The molecule has 102 valence electrons. The Labute approximate surface area is 110 Å². The van der Waals surface area contributed by atoms with E-state index in [4.69, 9.17) is 11.6 Å². The molecule has 0 bridgehead atoms. The van der Waals surface area contributed by atoms with Crippen molar-refractivity contribution in [3.63, 3.8) is 0 Å². The molecule has 1 aromatic rings. The van der Waals surface area contributed by atoms with Crippen molar-refractivity contribution in [2.75, 3.05) is 0 Å². The van der Waals surface area contributed by atoms with Gasteiger partial charge in [0.1, 0.15) is 0 Å². The summed E-state index contributed by atoms with van der Waals surface area (Å²) >= 11 is 5.88. The summed E-state index contributed by atoms with van der Waals surface area (Å²) in [5, 5.41) is 3.58. The van der Waals surface area contributed by atoms with Gasteiger partial charge < -0.3 is 5.32 Å². The normalized spacial score (nSPS) is 15.4. The van der Waals surface area contributed by atoms with Crippen LogP contribution in [-0.4, -0.2) is 12.2 Å². The largest absolute Gasteiger partial charge is 0.390 e. The van der Waals surface area contributed by atoms with E-state index in [1.807, 2.05) is 13.0 Å². The highest BCUT2D eigenvalue weighted by Gasteiger charge is 2.30. The second-order valence-electron chi connectivity index (χ2n) is 4.40. The molecule has 1 nitrogen and oxygen atoms in total. The average molecular weight is 280 g/mol. The molecule has 0 fully saturated rings. The first-order valence-corrected chi connectivity index (χ1v) is 6.28. The van der Waals surface area contributed by atoms with E-state index in [1.165, 1.54) is 0 Å². The Morgan fingerprint density at radius 1 is 1.33 bits per heavy atom. The molecule has 1 aromatic carbocycles. The molecule has 0 aliphatic carbocycles. The van der Waals surface area contributed by atoms with E-state index in [9.17, 15) is 13.2 Å². The highest BCUT2D eigenvalue weighted by atomic mass is 35.5. The number of hydrogen-bond acceptors (Lipinski definition) is 1. The van der Waals surface area contributed by atoms with Gasteiger partial charge in [-0.1, -0.05) is 30.7 Å². The van der Waals surface area contributed by atoms with Crippen LogP contribution in [0.4, 0.5) is 13.2 Å². The zero-order chi connectivity index (χ0) is 13.8. The van der Waals surface area contributed by atoms with E-state index in [1.54, 1.807) is 25.1 Å². The van der Waals surface area contributed by atoms with Gasteiger partial charge in [0, 0.05) is 17.1 Å². The lowest BCUT2D eigenvalue weighted by Crippen LogP contribution is -2.34. The van der Waals surface area contributed by atoms with Crippen LogP contribution in [0.3, 0.4) is 0 Å². The van der Waals surface area contributed by atoms with Crippen molar-refractivity contribution in [1.82, 2.24) is 5.32 Å². The second kappa shape index (κ2) is 6.43. The SMILES string of the molecule is CCC(NC(C)CC(F)(F)F)c1cccc(Cl)c1. The molecule has 2 atom stereocenters. The van der Waals surface area contributed by atoms with Crippen molar-refractivity contribution in [3.05, 3.63) is 34.9 Å². The number of nitrogens with one attached hydrogen (secondary N) is 1. The Morgan fingerprint density at radius 2 is 2.00 bits per heavy atom. The molecule has 0 aromatic heterocycles. The fourth-order valence-corrected chi connectivity index (χ4v) is 2.12. The molecule has 1 rings (SSSR count). The molecule has 0 saturated heterocycles. The van der Waals surface area contributed by atoms with Gasteiger partial charge in [0.15, 0.2) is 0 Å². The molecular weight excluding hydrogens is 263 g/mol. The monoisotopic (exact) mass is 279 g/mol. The lowest BCUT2D eigenvalue weighted by atomic mass is 10.0. The van der Waals surface area contributed by atoms with Crippen LogP contribution in [0, 0.1) is 0 Å². The van der Waals surface area contributed by atoms with Crippen LogP contribution < -0.4 is 5.32 Å². The number of alkyl halides is 3. The highest BCUT2D eigenvalue weighted by Crippen LogP contribution is 2.25. The minimum absolute atomic E-state index is 0.110. The van der Waals surface area contributed by atoms with Crippen molar-refractivity contribution >= 4 is 11.6 Å². The lowest BCUT2D eigenvalue weighted by Gasteiger charge is -2.23. The summed E-state index contributed by atoms with van der Waals surface area (Å²) in [6, 6.07) is 6.47. The summed E-state index contributed by atoms with van der Waals surface area (Å²) in [7, 11) is 0. The number of benzene rings is 1. The van der Waals surface area contributed by atoms with Gasteiger partial charge in [0.05, 0.1) is 6.42 Å². The topological polar surface area (TPSA) is 12.0 Å². The van der Waals surface area contributed by atoms with Crippen LogP contribution in [0.15, 0.2) is 24.3 Å². The number of hydrogen-bond donors (Lipinski definition) is 1. The smallest absolute Gasteiger partial charge is 0.307 e. The summed E-state index contributed by atoms with van der Waals surface area (Å²) in [5.74, 6) is 0. The van der Waals surface area contributed by atoms with Gasteiger partial charge in [-0.3, -0.25) is 0 Å². The van der Waals surface area contributed by atoms with Crippen LogP contribution in [-0.2, 0) is 0 Å². The number of rotatable bonds is 5. The summed E-state index contributed by atoms with van der Waals surface area (Å²) in [4.78, 5) is 0. The zero-order valence-electron chi connectivity index (χ0n) is 10.4. The Hall–Kier alpha value is -0.740. The van der Waals surface area contributed by atoms with Crippen molar-refractivity contribution in [2.24, 2.45) is 0 Å². The van der Waals surface area contributed by atoms with E-state index in [0.717, 1.165) is 5.56 Å². The van der Waals surface area contributed by atoms with Gasteiger partial charge in [-0.2, -0.15) is 13.2 Å². The maximum atomic E-state index is 12.3. The Kier molecular flexibility index (Phi) is 5.47. The van der Waals surface area contributed by atoms with Crippen molar-refractivity contribution in [2.45, 2.75) is 44.9 Å². The molecule has 5 heteroatoms. The van der Waals surface area contributed by atoms with E-state index in [-0.39, 0.29) is 6.04 Å². The van der Waals surface area contributed by atoms with Gasteiger partial charge in [-0.05, 0) is 31.0 Å². The summed E-state index contributed by atoms with van der Waals surface area (Å²) < 4.78 is 36.8. The van der Waals surface area contributed by atoms with Crippen LogP contribution in [0.1, 0.15) is 38.3 Å². The first kappa shape index (κ1) is 15.3. The van der Waals surface area contributed by atoms with Crippen molar-refractivity contribution < 1.29 is 13.2 Å². The van der Waals surface area contributed by atoms with Gasteiger partial charge in [0.25, 0.3) is 0 Å². The minimum Gasteiger partial charge on any atom is -0.307 e. The zero-order valence-corrected chi connectivity index (χ0v) is 11.1. The van der Waals surface area contributed by atoms with Crippen LogP contribution in [0.2, 0.25) is 5.02 Å². The molecule has 18 heavy (non-hydrogen) atoms. The molecule has 2 unspecified atom stereocenters. The van der Waals surface area contributed by atoms with Gasteiger partial charge in [-0.15, -0.1) is 0 Å². The third-order valence-corrected chi connectivity index (χ3v) is 2.92. The third kappa shape index (κ3) is 5.27. The predicted molar refractivity (Wildman–Crippen MR) is 67.8 cm³/mol. The molecule has 0 amide bonds. The molecule has 0 aliphatic rings. The van der Waals surface area contributed by atoms with Gasteiger partial charge in [0.2, 0.25) is 0 Å². The summed E-state index contributed by atoms with van der Waals surface area (Å²) in [6.45, 7) is 3.47. The number of halogens is 4. The van der Waals surface area contributed by atoms with E-state index in [2.05, 4.69) is 5.32 Å². The molecule has 1 N–H and O–H groups in total. The average Bonchev–Trinajstić information content (AvgIpc) is 2.23. The van der Waals surface area contributed by atoms with Crippen LogP contribution in [0.25, 0.3) is 0 Å². The second-order valence-corrected chi connectivity index (χ2v) is 4.84. The van der Waals surface area contributed by atoms with Crippen molar-refractivity contribution in [1.29, 1.82) is 0 Å². The standard InChI is InChI=1S/C13H17ClF3N/c1-3-12(10-5-4-6-11(14)7-10)18-9(2)8-13(15,16)17/h4-7,9,12,18H,3,8H2,1-2H3. The summed E-state index contributed by atoms with van der Waals surface area (Å²) in [5.41, 5.74) is 0.916. The van der Waals surface area contributed by atoms with E-state index in [0.29, 0.717) is 11.4 Å². The maximum Gasteiger partial charge on any atom is 0.390 e. The first-order valence-electron chi connectivity index (χ1n) is 5.90. The Morgan fingerprint density at radius 3 is 2.50 bits per heavy atom. The molecule has 0 radical (unpaired) electrons. The van der Waals surface area contributed by atoms with Gasteiger partial charge >= 0.3 is 6.18 Å². The third-order valence-electron chi connectivity index (χ3n) is 2.68. The van der Waals surface area contributed by atoms with Gasteiger partial charge in [-0.25, -0.2) is 0 Å². The maximum absolute atomic E-state index is 12.3. The molecular formula is C13H17ClF3N. The summed E-state index contributed by atoms with van der Waals surface area (Å²) in [6.07, 6.45) is -4.26. The molecule has 0 heterocycles. The predicted octanol–water partition coefficient (Wildman–Crippen LogP) is 4.72. The first-order chi connectivity index (χ1) is 8.31. The Balaban J connectivity index is 2.67. The van der Waals surface area contributed by atoms with Crippen LogP contribution in [0.5, 0.6) is 0 Å². The fourth-order valence-electron chi connectivity index (χ4n) is 1.92. The highest BCUT2D eigenvalue weighted by molar-refractivity contribution is 6.30. The van der Waals surface area contributed by atoms with E-state index >= 15 is 0 Å². The van der Waals surface area contributed by atoms with Crippen LogP contribution >= 0.6 is 11.6 Å². The molecule has 0 saturated carbocycles.